The monoisotopic (exact) mass is 422 g/mol. The van der Waals surface area contributed by atoms with Gasteiger partial charge in [-0.3, -0.25) is 0 Å². The van der Waals surface area contributed by atoms with Gasteiger partial charge in [0.25, 0.3) is 0 Å². The van der Waals surface area contributed by atoms with Crippen LogP contribution in [-0.2, 0) is 12.8 Å². The van der Waals surface area contributed by atoms with Crippen LogP contribution in [-0.4, -0.2) is 19.9 Å². The number of aryl methyl sites for hydroxylation is 2. The van der Waals surface area contributed by atoms with Crippen molar-refractivity contribution >= 4 is 45.4 Å². The summed E-state index contributed by atoms with van der Waals surface area (Å²) >= 11 is 0. The van der Waals surface area contributed by atoms with E-state index >= 15 is 0 Å². The molecule has 0 spiro atoms. The zero-order valence-corrected chi connectivity index (χ0v) is 19.3. The molecular formula is C28H30N4. The topological polar surface area (TPSA) is 57.4 Å². The summed E-state index contributed by atoms with van der Waals surface area (Å²) in [6.07, 6.45) is 8.25. The average Bonchev–Trinajstić information content (AvgIpc) is 3.54. The molecule has 5 heterocycles. The fourth-order valence-electron chi connectivity index (χ4n) is 4.62. The van der Waals surface area contributed by atoms with Crippen molar-refractivity contribution in [3.05, 3.63) is 70.3 Å². The molecule has 2 aliphatic heterocycles. The van der Waals surface area contributed by atoms with Gasteiger partial charge in [-0.1, -0.05) is 27.7 Å². The minimum atomic E-state index is 0.947. The second kappa shape index (κ2) is 8.27. The minimum Gasteiger partial charge on any atom is -0.355 e. The van der Waals surface area contributed by atoms with Crippen LogP contribution in [0, 0.1) is 0 Å². The number of hydrogen-bond acceptors (Lipinski definition) is 2. The molecule has 32 heavy (non-hydrogen) atoms. The van der Waals surface area contributed by atoms with E-state index in [1.807, 2.05) is 0 Å². The van der Waals surface area contributed by atoms with Gasteiger partial charge in [-0.25, -0.2) is 9.97 Å². The maximum atomic E-state index is 4.95. The van der Waals surface area contributed by atoms with Crippen molar-refractivity contribution in [3.8, 4) is 0 Å². The van der Waals surface area contributed by atoms with E-state index < -0.39 is 0 Å². The molecule has 0 fully saturated rings. The number of hydrogen-bond donors (Lipinski definition) is 2. The lowest BCUT2D eigenvalue weighted by Crippen LogP contribution is -1.82. The van der Waals surface area contributed by atoms with E-state index in [1.54, 1.807) is 0 Å². The predicted molar refractivity (Wildman–Crippen MR) is 136 cm³/mol. The molecule has 0 amide bonds. The number of fused-ring (bicyclic) bond motifs is 8. The van der Waals surface area contributed by atoms with Crippen molar-refractivity contribution < 1.29 is 0 Å². The summed E-state index contributed by atoms with van der Waals surface area (Å²) in [5, 5.41) is 0. The number of aromatic amines is 2. The van der Waals surface area contributed by atoms with Crippen LogP contribution in [0.2, 0.25) is 0 Å². The van der Waals surface area contributed by atoms with E-state index in [1.165, 1.54) is 22.3 Å². The van der Waals surface area contributed by atoms with Crippen molar-refractivity contribution in [3.63, 3.8) is 0 Å². The highest BCUT2D eigenvalue weighted by molar-refractivity contribution is 5.87. The summed E-state index contributed by atoms with van der Waals surface area (Å²) in [5.41, 5.74) is 13.6. The predicted octanol–water partition coefficient (Wildman–Crippen LogP) is 7.34. The van der Waals surface area contributed by atoms with Crippen LogP contribution in [0.4, 0.5) is 0 Å². The van der Waals surface area contributed by atoms with Crippen LogP contribution in [0.1, 0.15) is 74.4 Å². The maximum absolute atomic E-state index is 4.95. The van der Waals surface area contributed by atoms with Gasteiger partial charge in [0.2, 0.25) is 0 Å². The SMILES string of the molecule is CCC1=Cc2cc3[nH]c(cc3CC)cc3[nH]c(cc4nc(cc1n2)C=C4CC)cc3CC. The van der Waals surface area contributed by atoms with Gasteiger partial charge in [0, 0.05) is 22.1 Å². The summed E-state index contributed by atoms with van der Waals surface area (Å²) in [6, 6.07) is 13.2. The van der Waals surface area contributed by atoms with Crippen molar-refractivity contribution in [2.24, 2.45) is 0 Å². The number of rotatable bonds is 4. The van der Waals surface area contributed by atoms with Gasteiger partial charge in [-0.2, -0.15) is 0 Å². The van der Waals surface area contributed by atoms with Crippen LogP contribution in [0.15, 0.2) is 36.4 Å². The summed E-state index contributed by atoms with van der Waals surface area (Å²) < 4.78 is 0. The summed E-state index contributed by atoms with van der Waals surface area (Å²) in [6.45, 7) is 8.77. The largest absolute Gasteiger partial charge is 0.355 e. The molecule has 2 N–H and O–H groups in total. The molecule has 3 aromatic heterocycles. The first-order valence-corrected chi connectivity index (χ1v) is 11.8. The van der Waals surface area contributed by atoms with Crippen molar-refractivity contribution in [1.82, 2.24) is 19.9 Å². The van der Waals surface area contributed by atoms with Gasteiger partial charge in [-0.05, 0) is 96.5 Å². The zero-order valence-electron chi connectivity index (χ0n) is 19.3. The maximum Gasteiger partial charge on any atom is 0.0691 e. The van der Waals surface area contributed by atoms with E-state index in [4.69, 9.17) is 9.97 Å². The number of H-pyrrole nitrogens is 2. The Morgan fingerprint density at radius 2 is 1.06 bits per heavy atom. The first-order chi connectivity index (χ1) is 15.6. The lowest BCUT2D eigenvalue weighted by Gasteiger charge is -1.94. The number of nitrogens with zero attached hydrogens (tertiary/aromatic N) is 2. The summed E-state index contributed by atoms with van der Waals surface area (Å²) in [4.78, 5) is 17.1. The molecule has 0 saturated carbocycles. The quantitative estimate of drug-likeness (QED) is 0.462. The molecule has 4 nitrogen and oxygen atoms in total. The Hall–Kier alpha value is -3.40. The number of nitrogens with one attached hydrogen (secondary N) is 2. The van der Waals surface area contributed by atoms with E-state index in [0.29, 0.717) is 0 Å². The van der Waals surface area contributed by atoms with E-state index in [9.17, 15) is 0 Å². The fourth-order valence-corrected chi connectivity index (χ4v) is 4.62. The van der Waals surface area contributed by atoms with Crippen molar-refractivity contribution in [2.45, 2.75) is 53.4 Å². The molecular weight excluding hydrogens is 392 g/mol. The Labute approximate surface area is 189 Å². The van der Waals surface area contributed by atoms with Gasteiger partial charge >= 0.3 is 0 Å². The van der Waals surface area contributed by atoms with Crippen LogP contribution in [0.3, 0.4) is 0 Å². The van der Waals surface area contributed by atoms with Gasteiger partial charge in [0.05, 0.1) is 22.8 Å². The third kappa shape index (κ3) is 3.70. The Morgan fingerprint density at radius 3 is 1.62 bits per heavy atom. The lowest BCUT2D eigenvalue weighted by molar-refractivity contribution is 1.16. The molecule has 0 aromatic carbocycles. The van der Waals surface area contributed by atoms with E-state index in [2.05, 4.69) is 86.2 Å². The molecule has 8 bridgehead atoms. The van der Waals surface area contributed by atoms with Crippen LogP contribution >= 0.6 is 0 Å². The third-order valence-electron chi connectivity index (χ3n) is 6.40. The molecule has 162 valence electrons. The molecule has 0 radical (unpaired) electrons. The lowest BCUT2D eigenvalue weighted by atomic mass is 10.1. The third-order valence-corrected chi connectivity index (χ3v) is 6.40. The van der Waals surface area contributed by atoms with Gasteiger partial charge in [-0.15, -0.1) is 0 Å². The molecule has 5 rings (SSSR count). The first-order valence-electron chi connectivity index (χ1n) is 11.8. The Morgan fingerprint density at radius 1 is 0.562 bits per heavy atom. The summed E-state index contributed by atoms with van der Waals surface area (Å²) in [7, 11) is 0. The van der Waals surface area contributed by atoms with Crippen molar-refractivity contribution in [2.75, 3.05) is 0 Å². The Kier molecular flexibility index (Phi) is 5.30. The summed E-state index contributed by atoms with van der Waals surface area (Å²) in [5.74, 6) is 0. The highest BCUT2D eigenvalue weighted by atomic mass is 14.8. The molecule has 0 unspecified atom stereocenters. The van der Waals surface area contributed by atoms with Crippen LogP contribution in [0.25, 0.3) is 45.4 Å². The Bertz CT molecular complexity index is 1410. The van der Waals surface area contributed by atoms with Gasteiger partial charge in [0.15, 0.2) is 0 Å². The van der Waals surface area contributed by atoms with Gasteiger partial charge in [0.1, 0.15) is 0 Å². The van der Waals surface area contributed by atoms with Crippen LogP contribution in [0.5, 0.6) is 0 Å². The van der Waals surface area contributed by atoms with Crippen LogP contribution < -0.4 is 0 Å². The second-order valence-corrected chi connectivity index (χ2v) is 8.50. The fraction of sp³-hybridized carbons (Fsp3) is 0.286. The standard InChI is InChI=1S/C28H30N4/c1-5-17-9-21-14-26-19(7-3)11-23(31-26)16-28-20(8-4)12-24(32-28)15-27-18(6-2)10-22(30-27)13-25(17)29-21/h9-16,29-30H,5-8H2,1-4H3. The smallest absolute Gasteiger partial charge is 0.0691 e. The Balaban J connectivity index is 1.89. The normalized spacial score (nSPS) is 13.2. The minimum absolute atomic E-state index is 0.947. The molecule has 4 heteroatoms. The van der Waals surface area contributed by atoms with Gasteiger partial charge < -0.3 is 9.97 Å². The highest BCUT2D eigenvalue weighted by Crippen LogP contribution is 2.29. The average molecular weight is 423 g/mol. The molecule has 0 saturated heterocycles. The number of allylic oxidation sites excluding steroid dienone is 2. The first kappa shape index (κ1) is 20.5. The second-order valence-electron chi connectivity index (χ2n) is 8.50. The van der Waals surface area contributed by atoms with E-state index in [-0.39, 0.29) is 0 Å². The van der Waals surface area contributed by atoms with E-state index in [0.717, 1.165) is 70.5 Å². The zero-order chi connectivity index (χ0) is 22.2. The molecule has 0 atom stereocenters. The molecule has 2 aliphatic rings. The molecule has 3 aromatic rings. The molecule has 0 aliphatic carbocycles. The van der Waals surface area contributed by atoms with Crippen molar-refractivity contribution in [1.29, 1.82) is 0 Å². The number of aromatic nitrogens is 4. The highest BCUT2D eigenvalue weighted by Gasteiger charge is 2.13.